The van der Waals surface area contributed by atoms with E-state index in [4.69, 9.17) is 9.47 Å². The summed E-state index contributed by atoms with van der Waals surface area (Å²) >= 11 is 0. The molecule has 3 saturated carbocycles. The number of carbonyl (C=O) groups excluding carboxylic acids is 3. The topological polar surface area (TPSA) is 93.2 Å². The number of halogens is 1. The smallest absolute Gasteiger partial charge is 0.306 e. The van der Waals surface area contributed by atoms with Crippen molar-refractivity contribution in [1.82, 2.24) is 0 Å². The molecular formula is C29H39FO6. The van der Waals surface area contributed by atoms with Gasteiger partial charge in [-0.25, -0.2) is 4.39 Å². The van der Waals surface area contributed by atoms with Gasteiger partial charge in [0.15, 0.2) is 17.2 Å². The molecule has 7 heteroatoms. The fourth-order valence-electron chi connectivity index (χ4n) is 8.45. The molecule has 36 heavy (non-hydrogen) atoms. The van der Waals surface area contributed by atoms with Crippen LogP contribution in [0.25, 0.3) is 0 Å². The molecule has 0 amide bonds. The molecular weight excluding hydrogens is 463 g/mol. The Balaban J connectivity index is 1.28. The Bertz CT molecular complexity index is 1000. The number of carbonyl (C=O) groups is 3. The van der Waals surface area contributed by atoms with Gasteiger partial charge in [-0.05, 0) is 74.9 Å². The fraction of sp³-hybridized carbons (Fsp3) is 0.759. The molecule has 0 aromatic rings. The van der Waals surface area contributed by atoms with Gasteiger partial charge in [-0.1, -0.05) is 31.9 Å². The molecule has 0 aromatic heterocycles. The maximum atomic E-state index is 17.2. The molecule has 4 fully saturated rings. The summed E-state index contributed by atoms with van der Waals surface area (Å²) in [6.07, 6.45) is 8.59. The third kappa shape index (κ3) is 4.01. The first-order chi connectivity index (χ1) is 17.0. The number of allylic oxidation sites excluding steroid dienone is 4. The molecule has 1 aliphatic heterocycles. The highest BCUT2D eigenvalue weighted by atomic mass is 19.1. The summed E-state index contributed by atoms with van der Waals surface area (Å²) < 4.78 is 27.7. The summed E-state index contributed by atoms with van der Waals surface area (Å²) in [6.45, 7) is 6.39. The van der Waals surface area contributed by atoms with E-state index in [0.29, 0.717) is 31.8 Å². The average molecular weight is 503 g/mol. The van der Waals surface area contributed by atoms with E-state index in [1.54, 1.807) is 13.0 Å². The Labute approximate surface area is 212 Å². The predicted molar refractivity (Wildman–Crippen MR) is 131 cm³/mol. The van der Waals surface area contributed by atoms with Crippen LogP contribution in [0.5, 0.6) is 0 Å². The Morgan fingerprint density at radius 1 is 1.25 bits per heavy atom. The number of hydrogen-bond acceptors (Lipinski definition) is 6. The first-order valence-electron chi connectivity index (χ1n) is 13.6. The van der Waals surface area contributed by atoms with Crippen molar-refractivity contribution in [2.75, 3.05) is 13.2 Å². The zero-order valence-corrected chi connectivity index (χ0v) is 21.6. The van der Waals surface area contributed by atoms with E-state index in [0.717, 1.165) is 25.0 Å². The van der Waals surface area contributed by atoms with Gasteiger partial charge in [0.25, 0.3) is 0 Å². The highest BCUT2D eigenvalue weighted by molar-refractivity contribution is 6.01. The van der Waals surface area contributed by atoms with Crippen LogP contribution < -0.4 is 0 Å². The predicted octanol–water partition coefficient (Wildman–Crippen LogP) is 4.29. The SMILES string of the molecule is C[C@@H]1CC2[C@@H]3CCC4=CC(=O)C=C[C@]4(C)[C@@]3(F)[C@@H](O)C[C@]2(C)C1C(=O)COC(=O)CCCCC1CO1. The lowest BCUT2D eigenvalue weighted by Crippen LogP contribution is -2.66. The molecule has 5 aliphatic rings. The van der Waals surface area contributed by atoms with E-state index in [1.807, 2.05) is 13.8 Å². The second-order valence-electron chi connectivity index (χ2n) is 12.4. The van der Waals surface area contributed by atoms with Gasteiger partial charge in [-0.2, -0.15) is 0 Å². The molecule has 198 valence electrons. The number of rotatable bonds is 8. The van der Waals surface area contributed by atoms with E-state index in [9.17, 15) is 19.5 Å². The van der Waals surface area contributed by atoms with Gasteiger partial charge in [0, 0.05) is 23.7 Å². The maximum Gasteiger partial charge on any atom is 0.306 e. The molecule has 3 unspecified atom stereocenters. The van der Waals surface area contributed by atoms with Gasteiger partial charge in [0.05, 0.1) is 18.8 Å². The monoisotopic (exact) mass is 502 g/mol. The molecule has 6 nitrogen and oxygen atoms in total. The third-order valence-corrected chi connectivity index (χ3v) is 10.3. The van der Waals surface area contributed by atoms with Crippen molar-refractivity contribution in [1.29, 1.82) is 0 Å². The fourth-order valence-corrected chi connectivity index (χ4v) is 8.45. The minimum atomic E-state index is -1.89. The number of epoxide rings is 1. The summed E-state index contributed by atoms with van der Waals surface area (Å²) in [4.78, 5) is 37.6. The van der Waals surface area contributed by atoms with Crippen molar-refractivity contribution in [3.63, 3.8) is 0 Å². The van der Waals surface area contributed by atoms with Crippen LogP contribution in [0.1, 0.15) is 72.1 Å². The van der Waals surface area contributed by atoms with Gasteiger partial charge >= 0.3 is 5.97 Å². The molecule has 1 heterocycles. The van der Waals surface area contributed by atoms with Gasteiger partial charge in [0.2, 0.25) is 0 Å². The van der Waals surface area contributed by atoms with Crippen molar-refractivity contribution in [2.45, 2.75) is 90.0 Å². The first-order valence-corrected chi connectivity index (χ1v) is 13.6. The maximum absolute atomic E-state index is 17.2. The van der Waals surface area contributed by atoms with Crippen molar-refractivity contribution in [2.24, 2.45) is 34.5 Å². The second-order valence-corrected chi connectivity index (χ2v) is 12.4. The van der Waals surface area contributed by atoms with Crippen molar-refractivity contribution >= 4 is 17.5 Å². The molecule has 0 radical (unpaired) electrons. The normalized spacial score (nSPS) is 44.8. The zero-order chi connectivity index (χ0) is 25.9. The van der Waals surface area contributed by atoms with E-state index in [-0.39, 0.29) is 48.8 Å². The number of ether oxygens (including phenoxy) is 2. The van der Waals surface area contributed by atoms with E-state index in [2.05, 4.69) is 0 Å². The number of fused-ring (bicyclic) bond motifs is 5. The quantitative estimate of drug-likeness (QED) is 0.302. The van der Waals surface area contributed by atoms with Gasteiger partial charge in [-0.15, -0.1) is 0 Å². The number of alkyl halides is 1. The van der Waals surface area contributed by atoms with E-state index < -0.39 is 34.4 Å². The van der Waals surface area contributed by atoms with Crippen LogP contribution in [0, 0.1) is 34.5 Å². The summed E-state index contributed by atoms with van der Waals surface area (Å²) in [5.41, 5.74) is -2.74. The number of aliphatic hydroxyl groups excluding tert-OH is 1. The number of hydrogen-bond donors (Lipinski definition) is 1. The molecule has 1 saturated heterocycles. The van der Waals surface area contributed by atoms with Gasteiger partial charge in [-0.3, -0.25) is 14.4 Å². The van der Waals surface area contributed by atoms with E-state index >= 15 is 4.39 Å². The molecule has 1 N–H and O–H groups in total. The lowest BCUT2D eigenvalue weighted by Gasteiger charge is -2.61. The Morgan fingerprint density at radius 2 is 2.00 bits per heavy atom. The zero-order valence-electron chi connectivity index (χ0n) is 21.6. The van der Waals surface area contributed by atoms with Crippen LogP contribution in [0.2, 0.25) is 0 Å². The average Bonchev–Trinajstić information content (AvgIpc) is 3.60. The van der Waals surface area contributed by atoms with Crippen molar-refractivity contribution < 1.29 is 33.4 Å². The van der Waals surface area contributed by atoms with Crippen LogP contribution in [-0.4, -0.2) is 53.7 Å². The Hall–Kier alpha value is -1.86. The molecule has 5 rings (SSSR count). The van der Waals surface area contributed by atoms with Crippen LogP contribution in [0.3, 0.4) is 0 Å². The number of esters is 1. The summed E-state index contributed by atoms with van der Waals surface area (Å²) in [5, 5.41) is 11.4. The first kappa shape index (κ1) is 25.8. The summed E-state index contributed by atoms with van der Waals surface area (Å²) in [5.74, 6) is -1.49. The standard InChI is InChI=1S/C29H39FO6/c1-17-12-22-21-9-8-18-13-19(31)10-11-28(18,3)29(21,30)24(33)14-27(22,2)26(17)23(32)16-36-25(34)7-5-4-6-20-15-35-20/h10-11,13,17,20-22,24,26,33H,4-9,12,14-16H2,1-3H3/t17-,20?,21+,22?,24+,26?,27+,28+,29+/m1/s1. The molecule has 0 bridgehead atoms. The highest BCUT2D eigenvalue weighted by Gasteiger charge is 2.71. The van der Waals surface area contributed by atoms with Crippen LogP contribution in [0.15, 0.2) is 23.8 Å². The lowest BCUT2D eigenvalue weighted by molar-refractivity contribution is -0.196. The van der Waals surface area contributed by atoms with Crippen LogP contribution in [-0.2, 0) is 23.9 Å². The minimum Gasteiger partial charge on any atom is -0.458 e. The second kappa shape index (κ2) is 9.16. The number of Topliss-reactive ketones (excluding diaryl/α,β-unsaturated/α-hetero) is 1. The van der Waals surface area contributed by atoms with E-state index in [1.165, 1.54) is 12.2 Å². The Morgan fingerprint density at radius 3 is 2.72 bits per heavy atom. The van der Waals surface area contributed by atoms with Gasteiger partial charge in [0.1, 0.15) is 6.61 Å². The van der Waals surface area contributed by atoms with Crippen LogP contribution >= 0.6 is 0 Å². The third-order valence-electron chi connectivity index (χ3n) is 10.3. The molecule has 4 aliphatic carbocycles. The lowest BCUT2D eigenvalue weighted by atomic mass is 9.45. The Kier molecular flexibility index (Phi) is 6.56. The molecule has 9 atom stereocenters. The minimum absolute atomic E-state index is 0.00696. The van der Waals surface area contributed by atoms with Gasteiger partial charge < -0.3 is 14.6 Å². The number of unbranched alkanes of at least 4 members (excludes halogenated alkanes) is 1. The number of ketones is 2. The molecule has 0 aromatic carbocycles. The number of aliphatic hydroxyl groups is 1. The van der Waals surface area contributed by atoms with Crippen LogP contribution in [0.4, 0.5) is 4.39 Å². The summed E-state index contributed by atoms with van der Waals surface area (Å²) in [7, 11) is 0. The van der Waals surface area contributed by atoms with Crippen molar-refractivity contribution in [3.8, 4) is 0 Å². The molecule has 0 spiro atoms. The highest BCUT2D eigenvalue weighted by Crippen LogP contribution is 2.69. The largest absolute Gasteiger partial charge is 0.458 e. The van der Waals surface area contributed by atoms with Crippen molar-refractivity contribution in [3.05, 3.63) is 23.8 Å². The summed E-state index contributed by atoms with van der Waals surface area (Å²) in [6, 6.07) is 0.